The molecule has 0 bridgehead atoms. The minimum absolute atomic E-state index is 0.0342. The lowest BCUT2D eigenvalue weighted by Gasteiger charge is -2.35. The predicted molar refractivity (Wildman–Crippen MR) is 180 cm³/mol. The Morgan fingerprint density at radius 3 is 2.46 bits per heavy atom. The van der Waals surface area contributed by atoms with Crippen LogP contribution in [0.3, 0.4) is 0 Å². The summed E-state index contributed by atoms with van der Waals surface area (Å²) in [5.74, 6) is 0.911. The summed E-state index contributed by atoms with van der Waals surface area (Å²) >= 11 is 11.8. The molecule has 252 valence electrons. The molecule has 1 atom stereocenters. The number of benzene rings is 3. The maximum absolute atomic E-state index is 15.0. The number of ether oxygens (including phenoxy) is 3. The Hall–Kier alpha value is -4.30. The maximum Gasteiger partial charge on any atom is 0.261 e. The van der Waals surface area contributed by atoms with Crippen LogP contribution in [0.4, 0.5) is 15.8 Å². The summed E-state index contributed by atoms with van der Waals surface area (Å²) in [6.07, 6.45) is 1.50. The second kappa shape index (κ2) is 14.4. The second-order valence-electron chi connectivity index (χ2n) is 11.4. The van der Waals surface area contributed by atoms with Crippen LogP contribution in [0, 0.1) is 5.82 Å². The molecule has 1 amide bonds. The number of rotatable bonds is 11. The van der Waals surface area contributed by atoms with Gasteiger partial charge in [0.1, 0.15) is 0 Å². The summed E-state index contributed by atoms with van der Waals surface area (Å²) in [5.41, 5.74) is 1.80. The van der Waals surface area contributed by atoms with Crippen LogP contribution in [0.2, 0.25) is 10.0 Å². The van der Waals surface area contributed by atoms with E-state index in [2.05, 4.69) is 19.9 Å². The number of hydrogen-bond donors (Lipinski definition) is 2. The van der Waals surface area contributed by atoms with E-state index in [9.17, 15) is 17.6 Å². The molecule has 1 aromatic heterocycles. The number of hydrogen-bond acceptors (Lipinski definition) is 9. The van der Waals surface area contributed by atoms with Crippen molar-refractivity contribution in [2.24, 2.45) is 0 Å². The molecule has 15 heteroatoms. The van der Waals surface area contributed by atoms with Crippen LogP contribution in [-0.2, 0) is 21.4 Å². The third kappa shape index (κ3) is 8.21. The lowest BCUT2D eigenvalue weighted by molar-refractivity contribution is -0.133. The van der Waals surface area contributed by atoms with Crippen molar-refractivity contribution in [3.05, 3.63) is 94.4 Å². The average Bonchev–Trinajstić information content (AvgIpc) is 3.53. The Morgan fingerprint density at radius 1 is 0.958 bits per heavy atom. The molecule has 0 radical (unpaired) electrons. The molecule has 3 heterocycles. The molecule has 0 spiro atoms. The van der Waals surface area contributed by atoms with E-state index in [1.807, 2.05) is 30.0 Å². The Balaban J connectivity index is 0.960. The summed E-state index contributed by atoms with van der Waals surface area (Å²) in [6.45, 7) is 5.68. The van der Waals surface area contributed by atoms with Gasteiger partial charge in [-0.1, -0.05) is 29.3 Å². The fourth-order valence-electron chi connectivity index (χ4n) is 5.32. The SMILES string of the molecule is CC(CC(=O)N1CCN(Cc2ccc3c(c2)OCO3)CC1)Nc1ccc(Oc2ccc(NS(=O)(=O)c3ccc(Cl)c(Cl)c3)cn2)c(F)c1. The van der Waals surface area contributed by atoms with Crippen LogP contribution in [0.15, 0.2) is 77.8 Å². The van der Waals surface area contributed by atoms with Crippen LogP contribution in [0.25, 0.3) is 0 Å². The van der Waals surface area contributed by atoms with Gasteiger partial charge in [0.15, 0.2) is 23.1 Å². The quantitative estimate of drug-likeness (QED) is 0.182. The number of aromatic nitrogens is 1. The van der Waals surface area contributed by atoms with Gasteiger partial charge in [-0.25, -0.2) is 17.8 Å². The van der Waals surface area contributed by atoms with Crippen molar-refractivity contribution in [2.45, 2.75) is 30.8 Å². The van der Waals surface area contributed by atoms with Gasteiger partial charge in [-0.3, -0.25) is 14.4 Å². The molecule has 1 fully saturated rings. The molecular formula is C33H32Cl2FN5O6S. The number of sulfonamides is 1. The summed E-state index contributed by atoms with van der Waals surface area (Å²) in [4.78, 5) is 21.2. The molecule has 48 heavy (non-hydrogen) atoms. The molecule has 2 aliphatic rings. The van der Waals surface area contributed by atoms with Gasteiger partial charge in [0, 0.05) is 63.0 Å². The molecule has 1 saturated heterocycles. The van der Waals surface area contributed by atoms with Crippen molar-refractivity contribution in [1.29, 1.82) is 0 Å². The van der Waals surface area contributed by atoms with Gasteiger partial charge in [0.2, 0.25) is 18.6 Å². The normalized spacial score (nSPS) is 15.2. The van der Waals surface area contributed by atoms with E-state index in [1.54, 1.807) is 6.07 Å². The number of halogens is 3. The number of fused-ring (bicyclic) bond motifs is 1. The molecule has 3 aromatic carbocycles. The number of anilines is 2. The number of pyridine rings is 1. The zero-order valence-electron chi connectivity index (χ0n) is 25.8. The number of carbonyl (C=O) groups is 1. The van der Waals surface area contributed by atoms with Gasteiger partial charge in [-0.2, -0.15) is 0 Å². The van der Waals surface area contributed by atoms with Gasteiger partial charge in [0.05, 0.1) is 26.8 Å². The van der Waals surface area contributed by atoms with Gasteiger partial charge in [-0.15, -0.1) is 0 Å². The van der Waals surface area contributed by atoms with E-state index < -0.39 is 15.8 Å². The predicted octanol–water partition coefficient (Wildman–Crippen LogP) is 6.38. The Labute approximate surface area is 287 Å². The van der Waals surface area contributed by atoms with E-state index in [0.717, 1.165) is 36.7 Å². The van der Waals surface area contributed by atoms with Crippen molar-refractivity contribution in [1.82, 2.24) is 14.8 Å². The Bertz CT molecular complexity index is 1910. The number of carbonyl (C=O) groups excluding carboxylic acids is 1. The maximum atomic E-state index is 15.0. The number of nitrogens with zero attached hydrogens (tertiary/aromatic N) is 3. The molecule has 6 rings (SSSR count). The van der Waals surface area contributed by atoms with Crippen LogP contribution in [0.5, 0.6) is 23.1 Å². The smallest absolute Gasteiger partial charge is 0.261 e. The number of nitrogens with one attached hydrogen (secondary N) is 2. The van der Waals surface area contributed by atoms with Crippen LogP contribution in [0.1, 0.15) is 18.9 Å². The first-order valence-electron chi connectivity index (χ1n) is 15.1. The zero-order valence-corrected chi connectivity index (χ0v) is 28.1. The molecule has 1 unspecified atom stereocenters. The topological polar surface area (TPSA) is 122 Å². The largest absolute Gasteiger partial charge is 0.454 e. The first kappa shape index (κ1) is 33.6. The van der Waals surface area contributed by atoms with Crippen molar-refractivity contribution in [2.75, 3.05) is 43.0 Å². The Morgan fingerprint density at radius 2 is 1.73 bits per heavy atom. The summed E-state index contributed by atoms with van der Waals surface area (Å²) in [7, 11) is -3.95. The van der Waals surface area contributed by atoms with Gasteiger partial charge in [-0.05, 0) is 61.0 Å². The number of amides is 1. The first-order valence-corrected chi connectivity index (χ1v) is 17.3. The lowest BCUT2D eigenvalue weighted by atomic mass is 10.1. The van der Waals surface area contributed by atoms with Crippen molar-refractivity contribution in [3.8, 4) is 23.1 Å². The van der Waals surface area contributed by atoms with Crippen molar-refractivity contribution in [3.63, 3.8) is 0 Å². The summed E-state index contributed by atoms with van der Waals surface area (Å²) < 4.78 is 59.1. The Kier molecular flexibility index (Phi) is 10.1. The van der Waals surface area contributed by atoms with Gasteiger partial charge < -0.3 is 24.4 Å². The fraction of sp³-hybridized carbons (Fsp3) is 0.273. The minimum atomic E-state index is -3.95. The van der Waals surface area contributed by atoms with Crippen LogP contribution < -0.4 is 24.2 Å². The minimum Gasteiger partial charge on any atom is -0.454 e. The highest BCUT2D eigenvalue weighted by Crippen LogP contribution is 2.33. The monoisotopic (exact) mass is 715 g/mol. The standard InChI is InChI=1S/C33H32Cl2FN5O6S/c1-21(14-33(42)41-12-10-40(11-13-41)19-22-2-7-30-31(15-22)46-20-45-30)38-23-3-8-29(28(36)16-23)47-32-9-4-24(18-37-32)39-48(43,44)25-5-6-26(34)27(35)17-25/h2-9,15-18,21,38-39H,10-14,19-20H2,1H3. The average molecular weight is 717 g/mol. The lowest BCUT2D eigenvalue weighted by Crippen LogP contribution is -2.49. The molecule has 2 aliphatic heterocycles. The van der Waals surface area contributed by atoms with Crippen LogP contribution >= 0.6 is 23.2 Å². The first-order chi connectivity index (χ1) is 23.0. The summed E-state index contributed by atoms with van der Waals surface area (Å²) in [6, 6.07) is 16.9. The molecule has 0 saturated carbocycles. The van der Waals surface area contributed by atoms with E-state index in [0.29, 0.717) is 18.8 Å². The highest BCUT2D eigenvalue weighted by Gasteiger charge is 2.24. The molecule has 2 N–H and O–H groups in total. The van der Waals surface area contributed by atoms with E-state index >= 15 is 0 Å². The van der Waals surface area contributed by atoms with Crippen molar-refractivity contribution >= 4 is 50.5 Å². The third-order valence-corrected chi connectivity index (χ3v) is 9.92. The highest BCUT2D eigenvalue weighted by molar-refractivity contribution is 7.92. The molecular weight excluding hydrogens is 684 g/mol. The van der Waals surface area contributed by atoms with E-state index in [4.69, 9.17) is 37.4 Å². The van der Waals surface area contributed by atoms with E-state index in [-0.39, 0.29) is 57.4 Å². The molecule has 11 nitrogen and oxygen atoms in total. The molecule has 4 aromatic rings. The highest BCUT2D eigenvalue weighted by atomic mass is 35.5. The third-order valence-electron chi connectivity index (χ3n) is 7.80. The van der Waals surface area contributed by atoms with Crippen molar-refractivity contribution < 1.29 is 31.8 Å². The van der Waals surface area contributed by atoms with Gasteiger partial charge in [0.25, 0.3) is 10.0 Å². The zero-order chi connectivity index (χ0) is 33.8. The van der Waals surface area contributed by atoms with Crippen LogP contribution in [-0.4, -0.2) is 68.1 Å². The van der Waals surface area contributed by atoms with Gasteiger partial charge >= 0.3 is 0 Å². The fourth-order valence-corrected chi connectivity index (χ4v) is 6.76. The second-order valence-corrected chi connectivity index (χ2v) is 13.9. The number of piperazine rings is 1. The molecule has 0 aliphatic carbocycles. The van der Waals surface area contributed by atoms with E-state index in [1.165, 1.54) is 48.7 Å². The summed E-state index contributed by atoms with van der Waals surface area (Å²) in [5, 5.41) is 3.52.